The number of carbonyl (C=O) groups excluding carboxylic acids is 2. The van der Waals surface area contributed by atoms with Gasteiger partial charge < -0.3 is 14.9 Å². The number of amides is 2. The van der Waals surface area contributed by atoms with Crippen LogP contribution in [0.25, 0.3) is 0 Å². The highest BCUT2D eigenvalue weighted by Crippen LogP contribution is 2.21. The van der Waals surface area contributed by atoms with Gasteiger partial charge in [0, 0.05) is 41.6 Å². The molecule has 0 radical (unpaired) electrons. The van der Waals surface area contributed by atoms with Gasteiger partial charge in [-0.1, -0.05) is 36.7 Å². The molecule has 1 heterocycles. The number of benzene rings is 1. The minimum atomic E-state index is -1.08. The Morgan fingerprint density at radius 2 is 1.46 bits per heavy atom. The van der Waals surface area contributed by atoms with Gasteiger partial charge in [-0.2, -0.15) is 0 Å². The molecule has 1 aromatic rings. The van der Waals surface area contributed by atoms with Crippen molar-refractivity contribution in [2.45, 2.75) is 20.8 Å². The number of carboxylic acids is 1. The van der Waals surface area contributed by atoms with Crippen molar-refractivity contribution in [2.24, 2.45) is 5.41 Å². The van der Waals surface area contributed by atoms with Crippen molar-refractivity contribution in [3.63, 3.8) is 0 Å². The largest absolute Gasteiger partial charge is 0.478 e. The molecule has 1 aromatic carbocycles. The standard InChI is InChI=1S/C17H21BrN2O4/c1-17(2,3)16(24)20-6-4-19(5-7-20)14(21)11-8-12(15(22)23)10-13(18)9-11/h8-10H,4-7H2,1-3H3,(H,22,23). The number of rotatable bonds is 2. The first-order chi connectivity index (χ1) is 11.1. The van der Waals surface area contributed by atoms with Crippen LogP contribution in [0.1, 0.15) is 41.5 Å². The topological polar surface area (TPSA) is 77.9 Å². The summed E-state index contributed by atoms with van der Waals surface area (Å²) in [5.74, 6) is -1.22. The maximum atomic E-state index is 12.6. The molecule has 130 valence electrons. The van der Waals surface area contributed by atoms with E-state index in [0.29, 0.717) is 36.2 Å². The Morgan fingerprint density at radius 1 is 0.958 bits per heavy atom. The zero-order valence-corrected chi connectivity index (χ0v) is 15.6. The van der Waals surface area contributed by atoms with E-state index in [2.05, 4.69) is 15.9 Å². The maximum Gasteiger partial charge on any atom is 0.335 e. The van der Waals surface area contributed by atoms with Gasteiger partial charge in [0.2, 0.25) is 5.91 Å². The molecule has 0 bridgehead atoms. The van der Waals surface area contributed by atoms with Gasteiger partial charge in [0.05, 0.1) is 5.56 Å². The summed E-state index contributed by atoms with van der Waals surface area (Å²) in [6.07, 6.45) is 0. The Bertz CT molecular complexity index is 674. The van der Waals surface area contributed by atoms with E-state index in [-0.39, 0.29) is 17.4 Å². The van der Waals surface area contributed by atoms with Crippen LogP contribution < -0.4 is 0 Å². The van der Waals surface area contributed by atoms with Gasteiger partial charge in [0.1, 0.15) is 0 Å². The van der Waals surface area contributed by atoms with Gasteiger partial charge in [-0.05, 0) is 18.2 Å². The summed E-state index contributed by atoms with van der Waals surface area (Å²) in [5, 5.41) is 9.11. The predicted molar refractivity (Wildman–Crippen MR) is 93.0 cm³/mol. The molecule has 1 aliphatic heterocycles. The lowest BCUT2D eigenvalue weighted by atomic mass is 9.94. The minimum absolute atomic E-state index is 0.0641. The average molecular weight is 397 g/mol. The summed E-state index contributed by atoms with van der Waals surface area (Å²) in [4.78, 5) is 39.4. The summed E-state index contributed by atoms with van der Waals surface area (Å²) in [7, 11) is 0. The summed E-state index contributed by atoms with van der Waals surface area (Å²) in [5.41, 5.74) is -0.0426. The fourth-order valence-electron chi connectivity index (χ4n) is 2.61. The Labute approximate surface area is 149 Å². The van der Waals surface area contributed by atoms with Crippen molar-refractivity contribution in [2.75, 3.05) is 26.2 Å². The van der Waals surface area contributed by atoms with Gasteiger partial charge in [-0.15, -0.1) is 0 Å². The van der Waals surface area contributed by atoms with E-state index < -0.39 is 11.4 Å². The zero-order chi connectivity index (χ0) is 18.1. The Morgan fingerprint density at radius 3 is 1.96 bits per heavy atom. The van der Waals surface area contributed by atoms with E-state index >= 15 is 0 Å². The number of hydrogen-bond acceptors (Lipinski definition) is 3. The third-order valence-corrected chi connectivity index (χ3v) is 4.35. The number of nitrogens with zero attached hydrogens (tertiary/aromatic N) is 2. The third kappa shape index (κ3) is 4.14. The highest BCUT2D eigenvalue weighted by atomic mass is 79.9. The molecule has 1 aliphatic rings. The van der Waals surface area contributed by atoms with Crippen LogP contribution in [-0.2, 0) is 4.79 Å². The van der Waals surface area contributed by atoms with Gasteiger partial charge in [0.15, 0.2) is 0 Å². The van der Waals surface area contributed by atoms with Crippen molar-refractivity contribution >= 4 is 33.7 Å². The molecule has 1 N–H and O–H groups in total. The van der Waals surface area contributed by atoms with E-state index in [1.54, 1.807) is 15.9 Å². The van der Waals surface area contributed by atoms with E-state index in [4.69, 9.17) is 5.11 Å². The van der Waals surface area contributed by atoms with Crippen molar-refractivity contribution in [3.05, 3.63) is 33.8 Å². The lowest BCUT2D eigenvalue weighted by Crippen LogP contribution is -2.53. The number of piperazine rings is 1. The molecule has 0 aliphatic carbocycles. The molecule has 7 heteroatoms. The number of aromatic carboxylic acids is 1. The summed E-state index contributed by atoms with van der Waals surface area (Å²) in [6.45, 7) is 7.49. The lowest BCUT2D eigenvalue weighted by Gasteiger charge is -2.37. The summed E-state index contributed by atoms with van der Waals surface area (Å²) >= 11 is 3.24. The van der Waals surface area contributed by atoms with Gasteiger partial charge >= 0.3 is 5.97 Å². The van der Waals surface area contributed by atoms with E-state index in [1.807, 2.05) is 20.8 Å². The van der Waals surface area contributed by atoms with E-state index in [9.17, 15) is 14.4 Å². The molecule has 24 heavy (non-hydrogen) atoms. The molecular formula is C17H21BrN2O4. The molecule has 1 saturated heterocycles. The van der Waals surface area contributed by atoms with Crippen LogP contribution in [0.3, 0.4) is 0 Å². The minimum Gasteiger partial charge on any atom is -0.478 e. The Kier molecular flexibility index (Phi) is 5.32. The molecule has 0 saturated carbocycles. The summed E-state index contributed by atoms with van der Waals surface area (Å²) < 4.78 is 0.548. The molecule has 1 fully saturated rings. The quantitative estimate of drug-likeness (QED) is 0.832. The highest BCUT2D eigenvalue weighted by molar-refractivity contribution is 9.10. The van der Waals surface area contributed by atoms with Crippen LogP contribution in [0.2, 0.25) is 0 Å². The maximum absolute atomic E-state index is 12.6. The number of carboxylic acid groups (broad SMARTS) is 1. The molecule has 0 spiro atoms. The van der Waals surface area contributed by atoms with Crippen LogP contribution in [0.15, 0.2) is 22.7 Å². The SMILES string of the molecule is CC(C)(C)C(=O)N1CCN(C(=O)c2cc(Br)cc(C(=O)O)c2)CC1. The molecule has 0 unspecified atom stereocenters. The first-order valence-corrected chi connectivity index (χ1v) is 8.51. The van der Waals surface area contributed by atoms with Crippen molar-refractivity contribution in [3.8, 4) is 0 Å². The molecule has 2 rings (SSSR count). The smallest absolute Gasteiger partial charge is 0.335 e. The lowest BCUT2D eigenvalue weighted by molar-refractivity contribution is -0.140. The van der Waals surface area contributed by atoms with Crippen LogP contribution >= 0.6 is 15.9 Å². The third-order valence-electron chi connectivity index (χ3n) is 3.89. The van der Waals surface area contributed by atoms with Crippen LogP contribution in [0.5, 0.6) is 0 Å². The Balaban J connectivity index is 2.08. The van der Waals surface area contributed by atoms with Crippen molar-refractivity contribution in [1.82, 2.24) is 9.80 Å². The van der Waals surface area contributed by atoms with Crippen molar-refractivity contribution in [1.29, 1.82) is 0 Å². The predicted octanol–water partition coefficient (Wildman–Crippen LogP) is 2.48. The van der Waals surface area contributed by atoms with Crippen LogP contribution in [0.4, 0.5) is 0 Å². The second-order valence-electron chi connectivity index (χ2n) is 6.87. The van der Waals surface area contributed by atoms with Crippen LogP contribution in [0, 0.1) is 5.41 Å². The average Bonchev–Trinajstić information content (AvgIpc) is 2.52. The fraction of sp³-hybridized carbons (Fsp3) is 0.471. The second kappa shape index (κ2) is 6.93. The number of hydrogen-bond donors (Lipinski definition) is 1. The van der Waals surface area contributed by atoms with E-state index in [1.165, 1.54) is 12.1 Å². The molecular weight excluding hydrogens is 376 g/mol. The van der Waals surface area contributed by atoms with E-state index in [0.717, 1.165) is 0 Å². The Hall–Kier alpha value is -1.89. The molecule has 0 aromatic heterocycles. The zero-order valence-electron chi connectivity index (χ0n) is 14.0. The molecule has 6 nitrogen and oxygen atoms in total. The fourth-order valence-corrected chi connectivity index (χ4v) is 3.10. The van der Waals surface area contributed by atoms with Gasteiger partial charge in [-0.3, -0.25) is 9.59 Å². The monoisotopic (exact) mass is 396 g/mol. The second-order valence-corrected chi connectivity index (χ2v) is 7.78. The number of carbonyl (C=O) groups is 3. The first kappa shape index (κ1) is 18.4. The molecule has 0 atom stereocenters. The highest BCUT2D eigenvalue weighted by Gasteiger charge is 2.31. The van der Waals surface area contributed by atoms with Gasteiger partial charge in [-0.25, -0.2) is 4.79 Å². The van der Waals surface area contributed by atoms with Crippen LogP contribution in [-0.4, -0.2) is 58.9 Å². The van der Waals surface area contributed by atoms with Gasteiger partial charge in [0.25, 0.3) is 5.91 Å². The van der Waals surface area contributed by atoms with Crippen molar-refractivity contribution < 1.29 is 19.5 Å². The number of halogens is 1. The normalized spacial score (nSPS) is 15.3. The summed E-state index contributed by atoms with van der Waals surface area (Å²) in [6, 6.07) is 4.45. The first-order valence-electron chi connectivity index (χ1n) is 7.72. The molecule has 2 amide bonds.